The summed E-state index contributed by atoms with van der Waals surface area (Å²) in [6, 6.07) is 0. The van der Waals surface area contributed by atoms with Gasteiger partial charge in [0, 0.05) is 5.56 Å². The molecule has 19 heteroatoms. The molecule has 0 saturated carbocycles. The first-order valence-electron chi connectivity index (χ1n) is 8.86. The van der Waals surface area contributed by atoms with Gasteiger partial charge in [0.15, 0.2) is 0 Å². The third-order valence-electron chi connectivity index (χ3n) is 4.96. The maximum Gasteiger partial charge on any atom is 0.430 e. The van der Waals surface area contributed by atoms with E-state index in [9.17, 15) is 84.1 Å². The Balaban J connectivity index is 5.15. The molecule has 1 aromatic rings. The third-order valence-corrected chi connectivity index (χ3v) is 4.96. The maximum atomic E-state index is 13.7. The van der Waals surface area contributed by atoms with Gasteiger partial charge in [-0.15, -0.1) is 0 Å². The van der Waals surface area contributed by atoms with Crippen molar-refractivity contribution in [1.82, 2.24) is 0 Å². The smallest absolute Gasteiger partial charge is 0.369 e. The molecular formula is C17H10F18O. The first-order valence-corrected chi connectivity index (χ1v) is 8.86. The number of hydrogen-bond acceptors (Lipinski definition) is 1. The van der Waals surface area contributed by atoms with Crippen molar-refractivity contribution in [3.8, 4) is 0 Å². The molecule has 0 spiro atoms. The zero-order valence-corrected chi connectivity index (χ0v) is 17.0. The summed E-state index contributed by atoms with van der Waals surface area (Å²) in [5.41, 5.74) is -31.7. The fraction of sp³-hybridized carbons (Fsp3) is 0.647. The van der Waals surface area contributed by atoms with Gasteiger partial charge in [0.1, 0.15) is 0 Å². The van der Waals surface area contributed by atoms with E-state index < -0.39 is 88.4 Å². The molecular weight excluding hydrogens is 562 g/mol. The van der Waals surface area contributed by atoms with Crippen LogP contribution in [-0.4, -0.2) is 17.5 Å². The second-order valence-corrected chi connectivity index (χ2v) is 7.29. The molecule has 0 amide bonds. The van der Waals surface area contributed by atoms with Crippen LogP contribution in [-0.2, 0) is 30.3 Å². The number of rotatable bonds is 3. The van der Waals surface area contributed by atoms with Gasteiger partial charge in [-0.25, -0.2) is 0 Å². The number of halogens is 18. The Morgan fingerprint density at radius 1 is 0.500 bits per heavy atom. The fourth-order valence-electron chi connectivity index (χ4n) is 3.43. The van der Waals surface area contributed by atoms with Crippen LogP contribution >= 0.6 is 0 Å². The van der Waals surface area contributed by atoms with E-state index in [2.05, 4.69) is 0 Å². The van der Waals surface area contributed by atoms with E-state index in [0.29, 0.717) is 6.92 Å². The van der Waals surface area contributed by atoms with E-state index in [-0.39, 0.29) is 6.92 Å². The monoisotopic (exact) mass is 572 g/mol. The van der Waals surface area contributed by atoms with Gasteiger partial charge in [-0.2, -0.15) is 79.0 Å². The lowest BCUT2D eigenvalue weighted by Crippen LogP contribution is -2.56. The van der Waals surface area contributed by atoms with Crippen molar-refractivity contribution in [2.45, 2.75) is 68.8 Å². The Hall–Kier alpha value is -2.08. The molecule has 0 aliphatic heterocycles. The minimum atomic E-state index is -7.73. The van der Waals surface area contributed by atoms with E-state index in [1.54, 1.807) is 0 Å². The molecule has 0 heterocycles. The largest absolute Gasteiger partial charge is 0.430 e. The molecule has 1 N–H and O–H groups in total. The highest BCUT2D eigenvalue weighted by molar-refractivity contribution is 5.60. The molecule has 0 saturated heterocycles. The van der Waals surface area contributed by atoms with Crippen molar-refractivity contribution in [2.75, 3.05) is 0 Å². The van der Waals surface area contributed by atoms with Crippen molar-refractivity contribution in [3.63, 3.8) is 0 Å². The van der Waals surface area contributed by atoms with E-state index in [1.165, 1.54) is 0 Å². The summed E-state index contributed by atoms with van der Waals surface area (Å²) >= 11 is 0. The summed E-state index contributed by atoms with van der Waals surface area (Å²) < 4.78 is 244. The van der Waals surface area contributed by atoms with Crippen LogP contribution in [0, 0.1) is 0 Å². The Morgan fingerprint density at radius 2 is 0.750 bits per heavy atom. The van der Waals surface area contributed by atoms with E-state index in [0.717, 1.165) is 0 Å². The third kappa shape index (κ3) is 5.29. The van der Waals surface area contributed by atoms with E-state index in [1.807, 2.05) is 0 Å². The summed E-state index contributed by atoms with van der Waals surface area (Å²) in [7, 11) is 0. The molecule has 1 nitrogen and oxygen atoms in total. The van der Waals surface area contributed by atoms with E-state index in [4.69, 9.17) is 0 Å². The van der Waals surface area contributed by atoms with Crippen molar-refractivity contribution < 1.29 is 84.1 Å². The lowest BCUT2D eigenvalue weighted by molar-refractivity contribution is -0.378. The first-order chi connectivity index (χ1) is 15.5. The SMILES string of the molecule is CCC(C)c1c(C(F)(F)F)c(C(F)(F)F)c(C(O)(C(F)(F)F)C(F)(F)F)c(C(F)(F)F)c1C(F)(F)F. The predicted octanol–water partition coefficient (Wildman–Crippen LogP) is 8.59. The number of alkyl halides is 18. The minimum Gasteiger partial charge on any atom is -0.369 e. The van der Waals surface area contributed by atoms with Gasteiger partial charge in [-0.3, -0.25) is 0 Å². The summed E-state index contributed by atoms with van der Waals surface area (Å²) in [6.07, 6.45) is -44.8. The molecule has 1 aromatic carbocycles. The van der Waals surface area contributed by atoms with Crippen LogP contribution in [0.15, 0.2) is 0 Å². The van der Waals surface area contributed by atoms with Gasteiger partial charge < -0.3 is 5.11 Å². The summed E-state index contributed by atoms with van der Waals surface area (Å²) in [6.45, 7) is 0.903. The molecule has 0 aromatic heterocycles. The molecule has 210 valence electrons. The van der Waals surface area contributed by atoms with E-state index >= 15 is 0 Å². The van der Waals surface area contributed by atoms with Crippen molar-refractivity contribution in [1.29, 1.82) is 0 Å². The van der Waals surface area contributed by atoms with Crippen LogP contribution < -0.4 is 0 Å². The zero-order valence-electron chi connectivity index (χ0n) is 17.0. The maximum absolute atomic E-state index is 13.7. The van der Waals surface area contributed by atoms with Gasteiger partial charge in [-0.1, -0.05) is 13.8 Å². The zero-order chi connectivity index (χ0) is 29.2. The highest BCUT2D eigenvalue weighted by atomic mass is 19.4. The van der Waals surface area contributed by atoms with Gasteiger partial charge >= 0.3 is 37.1 Å². The van der Waals surface area contributed by atoms with Crippen molar-refractivity contribution in [2.24, 2.45) is 0 Å². The molecule has 0 bridgehead atoms. The molecule has 0 radical (unpaired) electrons. The number of benzene rings is 1. The van der Waals surface area contributed by atoms with Crippen LogP contribution in [0.2, 0.25) is 0 Å². The molecule has 36 heavy (non-hydrogen) atoms. The van der Waals surface area contributed by atoms with Gasteiger partial charge in [0.25, 0.3) is 5.60 Å². The van der Waals surface area contributed by atoms with Crippen LogP contribution in [0.25, 0.3) is 0 Å². The summed E-state index contributed by atoms with van der Waals surface area (Å²) in [4.78, 5) is 0. The molecule has 1 rings (SSSR count). The Kier molecular flexibility index (Phi) is 7.76. The van der Waals surface area contributed by atoms with Gasteiger partial charge in [-0.05, 0) is 17.9 Å². The lowest BCUT2D eigenvalue weighted by Gasteiger charge is -2.39. The van der Waals surface area contributed by atoms with Crippen LogP contribution in [0.1, 0.15) is 59.6 Å². The van der Waals surface area contributed by atoms with Crippen LogP contribution in [0.5, 0.6) is 0 Å². The summed E-state index contributed by atoms with van der Waals surface area (Å²) in [5.74, 6) is -2.57. The molecule has 1 unspecified atom stereocenters. The number of hydrogen-bond donors (Lipinski definition) is 1. The molecule has 1 atom stereocenters. The van der Waals surface area contributed by atoms with Crippen LogP contribution in [0.4, 0.5) is 79.0 Å². The van der Waals surface area contributed by atoms with Gasteiger partial charge in [0.2, 0.25) is 0 Å². The normalized spacial score (nSPS) is 15.9. The fourth-order valence-corrected chi connectivity index (χ4v) is 3.43. The second-order valence-electron chi connectivity index (χ2n) is 7.29. The average Bonchev–Trinajstić information content (AvgIpc) is 2.59. The second kappa shape index (κ2) is 8.75. The van der Waals surface area contributed by atoms with Gasteiger partial charge in [0.05, 0.1) is 22.3 Å². The highest BCUT2D eigenvalue weighted by Crippen LogP contribution is 2.61. The summed E-state index contributed by atoms with van der Waals surface area (Å²) in [5, 5.41) is 9.33. The van der Waals surface area contributed by atoms with Crippen LogP contribution in [0.3, 0.4) is 0 Å². The molecule has 0 aliphatic carbocycles. The van der Waals surface area contributed by atoms with Crippen molar-refractivity contribution >= 4 is 0 Å². The first kappa shape index (κ1) is 31.9. The minimum absolute atomic E-state index is 0.236. The molecule has 0 fully saturated rings. The highest BCUT2D eigenvalue weighted by Gasteiger charge is 2.76. The topological polar surface area (TPSA) is 20.2 Å². The number of aliphatic hydroxyl groups is 1. The Labute approximate surface area is 187 Å². The predicted molar refractivity (Wildman–Crippen MR) is 81.2 cm³/mol. The molecule has 0 aliphatic rings. The van der Waals surface area contributed by atoms with Crippen molar-refractivity contribution in [3.05, 3.63) is 33.4 Å². The Bertz CT molecular complexity index is 900. The Morgan fingerprint density at radius 3 is 0.917 bits per heavy atom. The standard InChI is InChI=1S/C17H10F18O/c1-3-4(2)5-6(12(18,19)20)9(14(24,25)26)8(11(36,16(30,31)32)17(33,34)35)10(15(27,28)29)7(5)13(21,22)23/h4,36H,3H2,1-2H3. The quantitative estimate of drug-likeness (QED) is 0.360. The lowest BCUT2D eigenvalue weighted by atomic mass is 9.74. The average molecular weight is 572 g/mol.